The molecule has 0 unspecified atom stereocenters. The maximum Gasteiger partial charge on any atom is 0.160 e. The zero-order chi connectivity index (χ0) is 33.3. The fraction of sp³-hybridized carbons (Fsp3) is 0. The van der Waals surface area contributed by atoms with E-state index in [-0.39, 0.29) is 0 Å². The molecule has 0 aliphatic carbocycles. The zero-order valence-corrected chi connectivity index (χ0v) is 27.0. The van der Waals surface area contributed by atoms with E-state index in [1.807, 2.05) is 48.8 Å². The Morgan fingerprint density at radius 3 is 1.56 bits per heavy atom. The minimum absolute atomic E-state index is 0.651. The minimum Gasteiger partial charge on any atom is -0.264 e. The van der Waals surface area contributed by atoms with Crippen LogP contribution in [-0.4, -0.2) is 24.9 Å². The number of hydrogen-bond acceptors (Lipinski definition) is 5. The van der Waals surface area contributed by atoms with E-state index < -0.39 is 0 Å². The smallest absolute Gasteiger partial charge is 0.160 e. The molecule has 0 fully saturated rings. The van der Waals surface area contributed by atoms with Gasteiger partial charge in [0.2, 0.25) is 0 Å². The molecule has 0 saturated heterocycles. The molecule has 5 nitrogen and oxygen atoms in total. The second-order valence-electron chi connectivity index (χ2n) is 12.2. The monoisotopic (exact) mass is 639 g/mol. The van der Waals surface area contributed by atoms with Crippen molar-refractivity contribution in [3.8, 4) is 67.4 Å². The van der Waals surface area contributed by atoms with Gasteiger partial charge in [-0.15, -0.1) is 0 Å². The van der Waals surface area contributed by atoms with Crippen LogP contribution in [0.3, 0.4) is 0 Å². The molecule has 234 valence electrons. The highest BCUT2D eigenvalue weighted by Crippen LogP contribution is 2.37. The Kier molecular flexibility index (Phi) is 7.41. The van der Waals surface area contributed by atoms with E-state index in [4.69, 9.17) is 15.0 Å². The van der Waals surface area contributed by atoms with Gasteiger partial charge >= 0.3 is 0 Å². The summed E-state index contributed by atoms with van der Waals surface area (Å²) in [5, 5.41) is 3.57. The Morgan fingerprint density at radius 2 is 0.920 bits per heavy atom. The van der Waals surface area contributed by atoms with Crippen molar-refractivity contribution in [3.05, 3.63) is 176 Å². The van der Waals surface area contributed by atoms with Gasteiger partial charge in [0.1, 0.15) is 0 Å². The quantitative estimate of drug-likeness (QED) is 0.169. The molecule has 0 aliphatic heterocycles. The average Bonchev–Trinajstić information content (AvgIpc) is 3.21. The average molecular weight is 640 g/mol. The van der Waals surface area contributed by atoms with Crippen LogP contribution in [0.15, 0.2) is 176 Å². The van der Waals surface area contributed by atoms with Gasteiger partial charge < -0.3 is 0 Å². The zero-order valence-electron chi connectivity index (χ0n) is 27.0. The van der Waals surface area contributed by atoms with E-state index in [0.717, 1.165) is 61.5 Å². The Bertz CT molecular complexity index is 2550. The van der Waals surface area contributed by atoms with Gasteiger partial charge in [-0.05, 0) is 75.5 Å². The molecule has 50 heavy (non-hydrogen) atoms. The number of benzene rings is 5. The molecule has 9 rings (SSSR count). The Balaban J connectivity index is 1.09. The SMILES string of the molecule is c1ccc(-c2cc(-c3ccc(-c4ccc(-c5nc(-c6cccnc6)cc(-c6cccnc6)n5)cc4)cc3)c3c(ccc4ccccc43)n2)cc1. The highest BCUT2D eigenvalue weighted by atomic mass is 14.9. The second kappa shape index (κ2) is 12.6. The van der Waals surface area contributed by atoms with Crippen LogP contribution < -0.4 is 0 Å². The largest absolute Gasteiger partial charge is 0.264 e. The third-order valence-corrected chi connectivity index (χ3v) is 9.08. The summed E-state index contributed by atoms with van der Waals surface area (Å²) in [5.74, 6) is 0.651. The van der Waals surface area contributed by atoms with E-state index in [1.54, 1.807) is 12.4 Å². The molecule has 0 spiro atoms. The summed E-state index contributed by atoms with van der Waals surface area (Å²) in [5.41, 5.74) is 12.0. The number of pyridine rings is 3. The molecular weight excluding hydrogens is 611 g/mol. The topological polar surface area (TPSA) is 64.5 Å². The predicted molar refractivity (Wildman–Crippen MR) is 203 cm³/mol. The maximum absolute atomic E-state index is 5.11. The van der Waals surface area contributed by atoms with Crippen LogP contribution in [0.1, 0.15) is 0 Å². The van der Waals surface area contributed by atoms with E-state index in [1.165, 1.54) is 21.7 Å². The second-order valence-corrected chi connectivity index (χ2v) is 12.2. The first kappa shape index (κ1) is 29.3. The number of nitrogens with zero attached hydrogens (tertiary/aromatic N) is 5. The first-order valence-corrected chi connectivity index (χ1v) is 16.6. The van der Waals surface area contributed by atoms with E-state index in [0.29, 0.717) is 5.82 Å². The van der Waals surface area contributed by atoms with Crippen LogP contribution in [0.25, 0.3) is 89.1 Å². The summed E-state index contributed by atoms with van der Waals surface area (Å²) in [6.07, 6.45) is 7.18. The molecule has 0 bridgehead atoms. The minimum atomic E-state index is 0.651. The predicted octanol–water partition coefficient (Wildman–Crippen LogP) is 11.0. The van der Waals surface area contributed by atoms with Crippen molar-refractivity contribution >= 4 is 21.7 Å². The summed E-state index contributed by atoms with van der Waals surface area (Å²) in [4.78, 5) is 23.6. The van der Waals surface area contributed by atoms with Gasteiger partial charge in [-0.3, -0.25) is 9.97 Å². The molecule has 0 N–H and O–H groups in total. The van der Waals surface area contributed by atoms with Crippen molar-refractivity contribution < 1.29 is 0 Å². The van der Waals surface area contributed by atoms with Gasteiger partial charge in [0.25, 0.3) is 0 Å². The highest BCUT2D eigenvalue weighted by molar-refractivity contribution is 6.13. The first-order valence-electron chi connectivity index (χ1n) is 16.6. The van der Waals surface area contributed by atoms with Gasteiger partial charge in [0.15, 0.2) is 5.82 Å². The molecule has 0 atom stereocenters. The summed E-state index contributed by atoms with van der Waals surface area (Å²) in [6, 6.07) is 52.6. The third kappa shape index (κ3) is 5.57. The normalized spacial score (nSPS) is 11.2. The van der Waals surface area contributed by atoms with Crippen LogP contribution in [0.2, 0.25) is 0 Å². The molecule has 4 heterocycles. The molecule has 4 aromatic heterocycles. The highest BCUT2D eigenvalue weighted by Gasteiger charge is 2.14. The lowest BCUT2D eigenvalue weighted by Crippen LogP contribution is -1.96. The summed E-state index contributed by atoms with van der Waals surface area (Å²) in [6.45, 7) is 0. The molecule has 5 heteroatoms. The van der Waals surface area contributed by atoms with Crippen molar-refractivity contribution in [2.75, 3.05) is 0 Å². The maximum atomic E-state index is 5.11. The molecule has 5 aromatic carbocycles. The lowest BCUT2D eigenvalue weighted by Gasteiger charge is -2.14. The Hall–Kier alpha value is -6.85. The molecule has 0 saturated carbocycles. The van der Waals surface area contributed by atoms with Crippen molar-refractivity contribution in [1.29, 1.82) is 0 Å². The summed E-state index contributed by atoms with van der Waals surface area (Å²) < 4.78 is 0. The Labute approximate surface area is 289 Å². The van der Waals surface area contributed by atoms with E-state index in [9.17, 15) is 0 Å². The molecular formula is C45H29N5. The van der Waals surface area contributed by atoms with Crippen LogP contribution in [0, 0.1) is 0 Å². The first-order chi connectivity index (χ1) is 24.8. The van der Waals surface area contributed by atoms with Crippen LogP contribution in [-0.2, 0) is 0 Å². The van der Waals surface area contributed by atoms with Gasteiger partial charge in [-0.1, -0.05) is 109 Å². The van der Waals surface area contributed by atoms with Crippen LogP contribution in [0.4, 0.5) is 0 Å². The van der Waals surface area contributed by atoms with E-state index in [2.05, 4.69) is 125 Å². The van der Waals surface area contributed by atoms with Crippen molar-refractivity contribution in [2.45, 2.75) is 0 Å². The van der Waals surface area contributed by atoms with Crippen molar-refractivity contribution in [2.24, 2.45) is 0 Å². The van der Waals surface area contributed by atoms with Crippen LogP contribution >= 0.6 is 0 Å². The van der Waals surface area contributed by atoms with Gasteiger partial charge in [0, 0.05) is 52.4 Å². The molecule has 0 radical (unpaired) electrons. The number of rotatable bonds is 6. The number of aromatic nitrogens is 5. The van der Waals surface area contributed by atoms with E-state index >= 15 is 0 Å². The fourth-order valence-electron chi connectivity index (χ4n) is 6.55. The number of hydrogen-bond donors (Lipinski definition) is 0. The van der Waals surface area contributed by atoms with Gasteiger partial charge in [-0.25, -0.2) is 15.0 Å². The lowest BCUT2D eigenvalue weighted by molar-refractivity contribution is 1.17. The summed E-state index contributed by atoms with van der Waals surface area (Å²) in [7, 11) is 0. The number of fused-ring (bicyclic) bond motifs is 3. The molecule has 9 aromatic rings. The Morgan fingerprint density at radius 1 is 0.360 bits per heavy atom. The van der Waals surface area contributed by atoms with Crippen LogP contribution in [0.5, 0.6) is 0 Å². The summed E-state index contributed by atoms with van der Waals surface area (Å²) >= 11 is 0. The van der Waals surface area contributed by atoms with Gasteiger partial charge in [0.05, 0.1) is 22.6 Å². The van der Waals surface area contributed by atoms with Crippen molar-refractivity contribution in [1.82, 2.24) is 24.9 Å². The van der Waals surface area contributed by atoms with Gasteiger partial charge in [-0.2, -0.15) is 0 Å². The fourth-order valence-corrected chi connectivity index (χ4v) is 6.55. The molecule has 0 aliphatic rings. The molecule has 0 amide bonds. The lowest BCUT2D eigenvalue weighted by atomic mass is 9.93. The standard InChI is InChI=1S/C45H29N5/c1-2-9-34(10-3-1)41-26-39(44-38-13-5-4-8-32(38)22-23-40(44)48-41)33-18-14-30(15-19-33)31-16-20-35(21-17-31)45-49-42(36-11-6-24-46-28-36)27-43(50-45)37-12-7-25-47-29-37/h1-29H. The van der Waals surface area contributed by atoms with Crippen molar-refractivity contribution in [3.63, 3.8) is 0 Å². The third-order valence-electron chi connectivity index (χ3n) is 9.08.